The molecule has 0 aliphatic heterocycles. The minimum Gasteiger partial charge on any atom is -0.357 e. The van der Waals surface area contributed by atoms with Gasteiger partial charge in [0.1, 0.15) is 0 Å². The van der Waals surface area contributed by atoms with Crippen LogP contribution in [0.3, 0.4) is 0 Å². The van der Waals surface area contributed by atoms with Crippen molar-refractivity contribution in [3.63, 3.8) is 0 Å². The zero-order valence-electron chi connectivity index (χ0n) is 12.5. The average molecular weight is 279 g/mol. The molecule has 0 N–H and O–H groups in total. The van der Waals surface area contributed by atoms with Crippen LogP contribution < -0.4 is 4.84 Å². The zero-order valence-corrected chi connectivity index (χ0v) is 12.5. The SMILES string of the molecule is Cc1ccc(ON=C2CCC(c3ccccc3)CC2)cc1. The second-order valence-corrected chi connectivity index (χ2v) is 5.75. The maximum absolute atomic E-state index is 5.53. The molecule has 0 aromatic heterocycles. The van der Waals surface area contributed by atoms with Crippen molar-refractivity contribution in [3.05, 3.63) is 65.7 Å². The predicted molar refractivity (Wildman–Crippen MR) is 86.9 cm³/mol. The molecule has 0 heterocycles. The lowest BCUT2D eigenvalue weighted by atomic mass is 9.83. The number of benzene rings is 2. The average Bonchev–Trinajstić information content (AvgIpc) is 2.56. The smallest absolute Gasteiger partial charge is 0.157 e. The number of hydrogen-bond acceptors (Lipinski definition) is 2. The number of nitrogens with zero attached hydrogens (tertiary/aromatic N) is 1. The summed E-state index contributed by atoms with van der Waals surface area (Å²) < 4.78 is 0. The number of aryl methyl sites for hydroxylation is 1. The van der Waals surface area contributed by atoms with Gasteiger partial charge >= 0.3 is 0 Å². The van der Waals surface area contributed by atoms with Crippen LogP contribution >= 0.6 is 0 Å². The van der Waals surface area contributed by atoms with E-state index in [1.807, 2.05) is 24.3 Å². The maximum Gasteiger partial charge on any atom is 0.157 e. The standard InChI is InChI=1S/C19H21NO/c1-15-7-13-19(14-8-15)21-20-18-11-9-17(10-12-18)16-5-3-2-4-6-16/h2-8,13-14,17H,9-12H2,1H3. The van der Waals surface area contributed by atoms with Crippen LogP contribution in [0.4, 0.5) is 0 Å². The molecule has 2 aromatic carbocycles. The third kappa shape index (κ3) is 3.72. The molecule has 0 bridgehead atoms. The van der Waals surface area contributed by atoms with Gasteiger partial charge in [0.05, 0.1) is 5.71 Å². The summed E-state index contributed by atoms with van der Waals surface area (Å²) in [7, 11) is 0. The molecule has 0 amide bonds. The predicted octanol–water partition coefficient (Wildman–Crippen LogP) is 5.09. The Labute approximate surface area is 126 Å². The zero-order chi connectivity index (χ0) is 14.5. The third-order valence-corrected chi connectivity index (χ3v) is 4.13. The Bertz CT molecular complexity index is 591. The van der Waals surface area contributed by atoms with Gasteiger partial charge in [-0.15, -0.1) is 0 Å². The van der Waals surface area contributed by atoms with Gasteiger partial charge in [0, 0.05) is 0 Å². The van der Waals surface area contributed by atoms with Crippen molar-refractivity contribution < 1.29 is 4.84 Å². The number of hydrogen-bond donors (Lipinski definition) is 0. The molecule has 3 rings (SSSR count). The Hall–Kier alpha value is -2.09. The lowest BCUT2D eigenvalue weighted by molar-refractivity contribution is 0.335. The molecule has 0 atom stereocenters. The van der Waals surface area contributed by atoms with E-state index in [1.165, 1.54) is 29.7 Å². The van der Waals surface area contributed by atoms with Crippen molar-refractivity contribution in [3.8, 4) is 5.75 Å². The summed E-state index contributed by atoms with van der Waals surface area (Å²) in [5.41, 5.74) is 3.87. The van der Waals surface area contributed by atoms with Crippen LogP contribution in [0.25, 0.3) is 0 Å². The van der Waals surface area contributed by atoms with Crippen molar-refractivity contribution in [2.75, 3.05) is 0 Å². The molecular weight excluding hydrogens is 258 g/mol. The number of oxime groups is 1. The van der Waals surface area contributed by atoms with Gasteiger partial charge in [-0.1, -0.05) is 53.2 Å². The Morgan fingerprint density at radius 2 is 1.57 bits per heavy atom. The monoisotopic (exact) mass is 279 g/mol. The van der Waals surface area contributed by atoms with Gasteiger partial charge in [0.15, 0.2) is 5.75 Å². The first kappa shape index (κ1) is 13.9. The fourth-order valence-corrected chi connectivity index (χ4v) is 2.82. The normalized spacial score (nSPS) is 18.3. The van der Waals surface area contributed by atoms with E-state index in [0.29, 0.717) is 5.92 Å². The van der Waals surface area contributed by atoms with Crippen molar-refractivity contribution in [1.29, 1.82) is 0 Å². The van der Waals surface area contributed by atoms with Crippen LogP contribution in [-0.2, 0) is 0 Å². The van der Waals surface area contributed by atoms with Crippen LogP contribution in [0.2, 0.25) is 0 Å². The first-order valence-corrected chi connectivity index (χ1v) is 7.65. The summed E-state index contributed by atoms with van der Waals surface area (Å²) in [4.78, 5) is 5.53. The second-order valence-electron chi connectivity index (χ2n) is 5.75. The summed E-state index contributed by atoms with van der Waals surface area (Å²) in [6.45, 7) is 2.07. The van der Waals surface area contributed by atoms with E-state index in [4.69, 9.17) is 4.84 Å². The molecule has 2 heteroatoms. The Morgan fingerprint density at radius 3 is 2.24 bits per heavy atom. The van der Waals surface area contributed by atoms with Gasteiger partial charge in [-0.3, -0.25) is 0 Å². The van der Waals surface area contributed by atoms with Crippen LogP contribution in [-0.4, -0.2) is 5.71 Å². The summed E-state index contributed by atoms with van der Waals surface area (Å²) in [6, 6.07) is 18.8. The molecule has 0 spiro atoms. The molecule has 1 aliphatic carbocycles. The highest BCUT2D eigenvalue weighted by molar-refractivity contribution is 5.84. The molecule has 1 fully saturated rings. The Balaban J connectivity index is 1.55. The minimum absolute atomic E-state index is 0.671. The van der Waals surface area contributed by atoms with E-state index in [1.54, 1.807) is 0 Å². The van der Waals surface area contributed by atoms with Crippen LogP contribution in [0.1, 0.15) is 42.7 Å². The second kappa shape index (κ2) is 6.57. The van der Waals surface area contributed by atoms with Crippen molar-refractivity contribution >= 4 is 5.71 Å². The van der Waals surface area contributed by atoms with Gasteiger partial charge in [0.2, 0.25) is 0 Å². The van der Waals surface area contributed by atoms with E-state index in [2.05, 4.69) is 42.4 Å². The first-order valence-electron chi connectivity index (χ1n) is 7.65. The highest BCUT2D eigenvalue weighted by Gasteiger charge is 2.19. The molecule has 21 heavy (non-hydrogen) atoms. The largest absolute Gasteiger partial charge is 0.357 e. The molecule has 108 valence electrons. The molecule has 1 saturated carbocycles. The summed E-state index contributed by atoms with van der Waals surface area (Å²) >= 11 is 0. The molecule has 0 radical (unpaired) electrons. The first-order chi connectivity index (χ1) is 10.3. The van der Waals surface area contributed by atoms with Gasteiger partial charge in [-0.05, 0) is 56.2 Å². The fraction of sp³-hybridized carbons (Fsp3) is 0.316. The molecular formula is C19H21NO. The quantitative estimate of drug-likeness (QED) is 0.717. The molecule has 2 nitrogen and oxygen atoms in total. The Kier molecular flexibility index (Phi) is 4.34. The topological polar surface area (TPSA) is 21.6 Å². The van der Waals surface area contributed by atoms with Crippen molar-refractivity contribution in [2.24, 2.45) is 5.16 Å². The molecule has 2 aromatic rings. The minimum atomic E-state index is 0.671. The lowest BCUT2D eigenvalue weighted by Gasteiger charge is -2.23. The van der Waals surface area contributed by atoms with Gasteiger partial charge in [-0.25, -0.2) is 0 Å². The van der Waals surface area contributed by atoms with E-state index in [-0.39, 0.29) is 0 Å². The lowest BCUT2D eigenvalue weighted by Crippen LogP contribution is -2.13. The van der Waals surface area contributed by atoms with E-state index < -0.39 is 0 Å². The molecule has 0 unspecified atom stereocenters. The summed E-state index contributed by atoms with van der Waals surface area (Å²) in [6.07, 6.45) is 4.40. The van der Waals surface area contributed by atoms with Crippen molar-refractivity contribution in [2.45, 2.75) is 38.5 Å². The van der Waals surface area contributed by atoms with Crippen LogP contribution in [0.15, 0.2) is 59.8 Å². The maximum atomic E-state index is 5.53. The highest BCUT2D eigenvalue weighted by Crippen LogP contribution is 2.31. The number of rotatable bonds is 3. The van der Waals surface area contributed by atoms with E-state index in [0.717, 1.165) is 18.6 Å². The fourth-order valence-electron chi connectivity index (χ4n) is 2.82. The summed E-state index contributed by atoms with van der Waals surface area (Å²) in [5.74, 6) is 1.49. The van der Waals surface area contributed by atoms with E-state index in [9.17, 15) is 0 Å². The summed E-state index contributed by atoms with van der Waals surface area (Å²) in [5, 5.41) is 4.33. The Morgan fingerprint density at radius 1 is 0.905 bits per heavy atom. The van der Waals surface area contributed by atoms with Crippen molar-refractivity contribution in [1.82, 2.24) is 0 Å². The highest BCUT2D eigenvalue weighted by atomic mass is 16.6. The van der Waals surface area contributed by atoms with Crippen LogP contribution in [0, 0.1) is 6.92 Å². The van der Waals surface area contributed by atoms with Gasteiger partial charge < -0.3 is 4.84 Å². The van der Waals surface area contributed by atoms with Crippen LogP contribution in [0.5, 0.6) is 5.75 Å². The third-order valence-electron chi connectivity index (χ3n) is 4.13. The van der Waals surface area contributed by atoms with Gasteiger partial charge in [-0.2, -0.15) is 0 Å². The molecule has 1 aliphatic rings. The van der Waals surface area contributed by atoms with Gasteiger partial charge in [0.25, 0.3) is 0 Å². The van der Waals surface area contributed by atoms with E-state index >= 15 is 0 Å². The molecule has 0 saturated heterocycles.